The van der Waals surface area contributed by atoms with Gasteiger partial charge in [0.1, 0.15) is 0 Å². The fourth-order valence-corrected chi connectivity index (χ4v) is 2.88. The summed E-state index contributed by atoms with van der Waals surface area (Å²) in [6, 6.07) is 7.22. The Labute approximate surface area is 113 Å². The maximum Gasteiger partial charge on any atom is 0.0238 e. The zero-order valence-electron chi connectivity index (χ0n) is 10.7. The van der Waals surface area contributed by atoms with Crippen molar-refractivity contribution < 1.29 is 0 Å². The highest BCUT2D eigenvalue weighted by Crippen LogP contribution is 2.21. The van der Waals surface area contributed by atoms with E-state index in [1.165, 1.54) is 15.6 Å². The van der Waals surface area contributed by atoms with Gasteiger partial charge in [-0.2, -0.15) is 0 Å². The van der Waals surface area contributed by atoms with Gasteiger partial charge in [0.25, 0.3) is 0 Å². The van der Waals surface area contributed by atoms with Gasteiger partial charge in [-0.1, -0.05) is 35.8 Å². The van der Waals surface area contributed by atoms with E-state index in [-0.39, 0.29) is 0 Å². The van der Waals surface area contributed by atoms with Crippen LogP contribution in [-0.4, -0.2) is 30.6 Å². The van der Waals surface area contributed by atoms with Gasteiger partial charge in [-0.05, 0) is 42.8 Å². The molecule has 0 aliphatic carbocycles. The second kappa shape index (κ2) is 5.98. The van der Waals surface area contributed by atoms with Crippen molar-refractivity contribution >= 4 is 15.9 Å². The van der Waals surface area contributed by atoms with E-state index in [4.69, 9.17) is 0 Å². The van der Waals surface area contributed by atoms with Crippen molar-refractivity contribution in [2.75, 3.05) is 19.6 Å². The van der Waals surface area contributed by atoms with Crippen LogP contribution in [0.25, 0.3) is 0 Å². The van der Waals surface area contributed by atoms with Gasteiger partial charge < -0.3 is 10.2 Å². The number of hydrogen-bond donors (Lipinski definition) is 1. The Morgan fingerprint density at radius 3 is 2.76 bits per heavy atom. The fraction of sp³-hybridized carbons (Fsp3) is 0.571. The summed E-state index contributed by atoms with van der Waals surface area (Å²) >= 11 is 3.56. The predicted octanol–water partition coefficient (Wildman–Crippen LogP) is 2.81. The normalized spacial score (nSPS) is 19.4. The number of halogens is 1. The first-order valence-electron chi connectivity index (χ1n) is 6.46. The lowest BCUT2D eigenvalue weighted by Crippen LogP contribution is -2.44. The van der Waals surface area contributed by atoms with Crippen molar-refractivity contribution in [2.24, 2.45) is 0 Å². The van der Waals surface area contributed by atoms with E-state index in [1.54, 1.807) is 0 Å². The van der Waals surface area contributed by atoms with Crippen LogP contribution < -0.4 is 5.32 Å². The summed E-state index contributed by atoms with van der Waals surface area (Å²) in [5, 5.41) is 3.64. The fourth-order valence-electron chi connectivity index (χ4n) is 2.47. The van der Waals surface area contributed by atoms with Crippen LogP contribution in [0.4, 0.5) is 0 Å². The van der Waals surface area contributed by atoms with Crippen LogP contribution in [0.2, 0.25) is 0 Å². The van der Waals surface area contributed by atoms with Crippen LogP contribution in [0.5, 0.6) is 0 Å². The van der Waals surface area contributed by atoms with Gasteiger partial charge in [-0.3, -0.25) is 0 Å². The second-order valence-electron chi connectivity index (χ2n) is 4.68. The third-order valence-electron chi connectivity index (χ3n) is 3.59. The summed E-state index contributed by atoms with van der Waals surface area (Å²) in [7, 11) is 0. The molecule has 17 heavy (non-hydrogen) atoms. The molecule has 1 aliphatic heterocycles. The minimum absolute atomic E-state index is 0.594. The molecule has 0 saturated heterocycles. The van der Waals surface area contributed by atoms with Gasteiger partial charge >= 0.3 is 0 Å². The van der Waals surface area contributed by atoms with E-state index < -0.39 is 0 Å². The molecule has 1 aromatic rings. The monoisotopic (exact) mass is 296 g/mol. The quantitative estimate of drug-likeness (QED) is 0.919. The first-order valence-corrected chi connectivity index (χ1v) is 7.25. The number of hydrogen-bond acceptors (Lipinski definition) is 2. The summed E-state index contributed by atoms with van der Waals surface area (Å²) in [6.07, 6.45) is 1.14. The molecule has 0 unspecified atom stereocenters. The van der Waals surface area contributed by atoms with Gasteiger partial charge in [0.05, 0.1) is 0 Å². The number of rotatable bonds is 4. The average molecular weight is 297 g/mol. The number of benzene rings is 1. The largest absolute Gasteiger partial charge is 0.308 e. The summed E-state index contributed by atoms with van der Waals surface area (Å²) in [5.41, 5.74) is 2.94. The van der Waals surface area contributed by atoms with Crippen LogP contribution in [0.1, 0.15) is 25.0 Å². The molecule has 1 aromatic carbocycles. The number of likely N-dealkylation sites (N-methyl/N-ethyl adjacent to an activating group) is 1. The van der Waals surface area contributed by atoms with Gasteiger partial charge in [-0.25, -0.2) is 0 Å². The molecule has 1 heterocycles. The van der Waals surface area contributed by atoms with Crippen molar-refractivity contribution in [1.29, 1.82) is 0 Å². The molecule has 0 fully saturated rings. The van der Waals surface area contributed by atoms with E-state index in [9.17, 15) is 0 Å². The van der Waals surface area contributed by atoms with Crippen molar-refractivity contribution in [1.82, 2.24) is 10.2 Å². The lowest BCUT2D eigenvalue weighted by atomic mass is 9.95. The minimum Gasteiger partial charge on any atom is -0.308 e. The molecule has 0 amide bonds. The van der Waals surface area contributed by atoms with Crippen LogP contribution in [0.15, 0.2) is 22.7 Å². The molecular weight excluding hydrogens is 276 g/mol. The third-order valence-corrected chi connectivity index (χ3v) is 4.08. The molecule has 0 spiro atoms. The van der Waals surface area contributed by atoms with E-state index in [0.717, 1.165) is 32.6 Å². The standard InChI is InChI=1S/C14H21BrN2/c1-3-17(4-2)10-14-8-12-7-13(15)6-5-11(12)9-16-14/h5-7,14,16H,3-4,8-10H2,1-2H3/t14-/m1/s1. The van der Waals surface area contributed by atoms with Crippen LogP contribution in [0, 0.1) is 0 Å². The zero-order valence-corrected chi connectivity index (χ0v) is 12.3. The Hall–Kier alpha value is -0.380. The molecule has 0 saturated carbocycles. The molecule has 0 bridgehead atoms. The molecule has 3 heteroatoms. The maximum absolute atomic E-state index is 3.64. The lowest BCUT2D eigenvalue weighted by Gasteiger charge is -2.30. The van der Waals surface area contributed by atoms with Crippen molar-refractivity contribution in [2.45, 2.75) is 32.9 Å². The van der Waals surface area contributed by atoms with Crippen LogP contribution in [-0.2, 0) is 13.0 Å². The van der Waals surface area contributed by atoms with E-state index in [1.807, 2.05) is 0 Å². The first-order chi connectivity index (χ1) is 8.22. The van der Waals surface area contributed by atoms with Gasteiger partial charge in [0.2, 0.25) is 0 Å². The SMILES string of the molecule is CCN(CC)C[C@H]1Cc2cc(Br)ccc2CN1. The predicted molar refractivity (Wildman–Crippen MR) is 76.3 cm³/mol. The van der Waals surface area contributed by atoms with E-state index >= 15 is 0 Å². The van der Waals surface area contributed by atoms with Crippen LogP contribution >= 0.6 is 15.9 Å². The summed E-state index contributed by atoms with van der Waals surface area (Å²) in [4.78, 5) is 2.49. The highest BCUT2D eigenvalue weighted by atomic mass is 79.9. The van der Waals surface area contributed by atoms with Crippen molar-refractivity contribution in [3.8, 4) is 0 Å². The summed E-state index contributed by atoms with van der Waals surface area (Å²) < 4.78 is 1.19. The van der Waals surface area contributed by atoms with Gasteiger partial charge in [-0.15, -0.1) is 0 Å². The molecule has 1 aliphatic rings. The maximum atomic E-state index is 3.64. The third kappa shape index (κ3) is 3.30. The molecule has 94 valence electrons. The molecule has 1 N–H and O–H groups in total. The highest BCUT2D eigenvalue weighted by Gasteiger charge is 2.19. The van der Waals surface area contributed by atoms with E-state index in [2.05, 4.69) is 58.2 Å². The first kappa shape index (κ1) is 13.1. The second-order valence-corrected chi connectivity index (χ2v) is 5.60. The van der Waals surface area contributed by atoms with Gasteiger partial charge in [0, 0.05) is 23.6 Å². The number of fused-ring (bicyclic) bond motifs is 1. The summed E-state index contributed by atoms with van der Waals surface area (Å²) in [6.45, 7) is 8.90. The van der Waals surface area contributed by atoms with Crippen LogP contribution in [0.3, 0.4) is 0 Å². The smallest absolute Gasteiger partial charge is 0.0238 e. The molecule has 1 atom stereocenters. The Morgan fingerprint density at radius 2 is 2.06 bits per heavy atom. The van der Waals surface area contributed by atoms with Gasteiger partial charge in [0.15, 0.2) is 0 Å². The minimum atomic E-state index is 0.594. The Kier molecular flexibility index (Phi) is 4.60. The molecule has 2 rings (SSSR count). The molecule has 0 radical (unpaired) electrons. The Balaban J connectivity index is 2.02. The lowest BCUT2D eigenvalue weighted by molar-refractivity contribution is 0.257. The van der Waals surface area contributed by atoms with Crippen molar-refractivity contribution in [3.63, 3.8) is 0 Å². The van der Waals surface area contributed by atoms with Crippen molar-refractivity contribution in [3.05, 3.63) is 33.8 Å². The Morgan fingerprint density at radius 1 is 1.29 bits per heavy atom. The number of nitrogens with one attached hydrogen (secondary N) is 1. The molecule has 2 nitrogen and oxygen atoms in total. The van der Waals surface area contributed by atoms with E-state index in [0.29, 0.717) is 6.04 Å². The molecular formula is C14H21BrN2. The zero-order chi connectivity index (χ0) is 12.3. The average Bonchev–Trinajstić information content (AvgIpc) is 2.35. The topological polar surface area (TPSA) is 15.3 Å². The molecule has 0 aromatic heterocycles. The Bertz CT molecular complexity index is 374. The number of nitrogens with zero attached hydrogens (tertiary/aromatic N) is 1. The summed E-state index contributed by atoms with van der Waals surface area (Å²) in [5.74, 6) is 0. The highest BCUT2D eigenvalue weighted by molar-refractivity contribution is 9.10.